The summed E-state index contributed by atoms with van der Waals surface area (Å²) < 4.78 is 2.21. The molecule has 3 nitrogen and oxygen atoms in total. The molecule has 0 unspecified atom stereocenters. The van der Waals surface area contributed by atoms with Crippen LogP contribution in [-0.4, -0.2) is 14.5 Å². The molecule has 1 aliphatic rings. The van der Waals surface area contributed by atoms with Gasteiger partial charge in [0.1, 0.15) is 5.65 Å². The Kier molecular flexibility index (Phi) is 2.56. The minimum atomic E-state index is 0.332. The summed E-state index contributed by atoms with van der Waals surface area (Å²) in [6.07, 6.45) is 9.32. The number of hydrogen-bond donors (Lipinski definition) is 0. The van der Waals surface area contributed by atoms with Gasteiger partial charge in [-0.3, -0.25) is 0 Å². The van der Waals surface area contributed by atoms with E-state index in [0.29, 0.717) is 5.28 Å². The molecule has 2 aromatic heterocycles. The highest BCUT2D eigenvalue weighted by Crippen LogP contribution is 2.27. The topological polar surface area (TPSA) is 30.7 Å². The summed E-state index contributed by atoms with van der Waals surface area (Å²) >= 11 is 5.83. The molecular weight excluding hydrogens is 222 g/mol. The van der Waals surface area contributed by atoms with Crippen molar-refractivity contribution in [2.45, 2.75) is 32.2 Å². The van der Waals surface area contributed by atoms with Gasteiger partial charge >= 0.3 is 0 Å². The van der Waals surface area contributed by atoms with E-state index in [9.17, 15) is 0 Å². The van der Waals surface area contributed by atoms with Gasteiger partial charge in [0.25, 0.3) is 0 Å². The van der Waals surface area contributed by atoms with Gasteiger partial charge in [0.2, 0.25) is 5.28 Å². The summed E-state index contributed by atoms with van der Waals surface area (Å²) in [6, 6.07) is 2.06. The van der Waals surface area contributed by atoms with Gasteiger partial charge in [0, 0.05) is 24.3 Å². The Balaban J connectivity index is 1.93. The van der Waals surface area contributed by atoms with Crippen LogP contribution in [0.4, 0.5) is 0 Å². The number of rotatable bonds is 2. The standard InChI is InChI=1S/C12H14ClN3/c13-12-14-7-10-5-6-16(11(10)15-12)8-9-3-1-2-4-9/h5-7,9H,1-4,8H2. The van der Waals surface area contributed by atoms with Crippen LogP contribution in [0.3, 0.4) is 0 Å². The lowest BCUT2D eigenvalue weighted by Crippen LogP contribution is -2.06. The van der Waals surface area contributed by atoms with E-state index < -0.39 is 0 Å². The first kappa shape index (κ1) is 10.1. The molecule has 0 amide bonds. The molecule has 1 aliphatic carbocycles. The second-order valence-corrected chi connectivity index (χ2v) is 4.87. The second-order valence-electron chi connectivity index (χ2n) is 4.54. The van der Waals surface area contributed by atoms with Crippen LogP contribution in [0.25, 0.3) is 11.0 Å². The van der Waals surface area contributed by atoms with Crippen LogP contribution in [-0.2, 0) is 6.54 Å². The third-order valence-electron chi connectivity index (χ3n) is 3.40. The van der Waals surface area contributed by atoms with Crippen molar-refractivity contribution in [3.8, 4) is 0 Å². The summed E-state index contributed by atoms with van der Waals surface area (Å²) in [7, 11) is 0. The fourth-order valence-electron chi connectivity index (χ4n) is 2.57. The van der Waals surface area contributed by atoms with Crippen molar-refractivity contribution in [2.75, 3.05) is 0 Å². The first-order valence-electron chi connectivity index (χ1n) is 5.80. The molecule has 2 heterocycles. The Morgan fingerprint density at radius 2 is 2.19 bits per heavy atom. The van der Waals surface area contributed by atoms with Gasteiger partial charge in [-0.2, -0.15) is 4.98 Å². The smallest absolute Gasteiger partial charge is 0.224 e. The van der Waals surface area contributed by atoms with Crippen LogP contribution in [0.2, 0.25) is 5.28 Å². The molecule has 0 saturated heterocycles. The van der Waals surface area contributed by atoms with E-state index in [2.05, 4.69) is 26.8 Å². The predicted molar refractivity (Wildman–Crippen MR) is 64.5 cm³/mol. The highest BCUT2D eigenvalue weighted by Gasteiger charge is 2.16. The maximum Gasteiger partial charge on any atom is 0.224 e. The van der Waals surface area contributed by atoms with E-state index >= 15 is 0 Å². The molecule has 0 atom stereocenters. The average Bonchev–Trinajstić information content (AvgIpc) is 2.90. The van der Waals surface area contributed by atoms with E-state index in [1.54, 1.807) is 6.20 Å². The minimum absolute atomic E-state index is 0.332. The molecule has 3 rings (SSSR count). The first-order chi connectivity index (χ1) is 7.83. The number of fused-ring (bicyclic) bond motifs is 1. The van der Waals surface area contributed by atoms with E-state index in [-0.39, 0.29) is 0 Å². The fraction of sp³-hybridized carbons (Fsp3) is 0.500. The van der Waals surface area contributed by atoms with Crippen LogP contribution >= 0.6 is 11.6 Å². The zero-order valence-electron chi connectivity index (χ0n) is 9.06. The molecule has 0 N–H and O–H groups in total. The molecule has 16 heavy (non-hydrogen) atoms. The lowest BCUT2D eigenvalue weighted by Gasteiger charge is -2.10. The SMILES string of the molecule is Clc1ncc2ccn(CC3CCCC3)c2n1. The molecule has 4 heteroatoms. The van der Waals surface area contributed by atoms with Crippen molar-refractivity contribution in [3.05, 3.63) is 23.7 Å². The number of halogens is 1. The summed E-state index contributed by atoms with van der Waals surface area (Å²) in [5.74, 6) is 0.810. The lowest BCUT2D eigenvalue weighted by molar-refractivity contribution is 0.464. The van der Waals surface area contributed by atoms with Gasteiger partial charge in [-0.15, -0.1) is 0 Å². The van der Waals surface area contributed by atoms with Crippen LogP contribution in [0.1, 0.15) is 25.7 Å². The maximum absolute atomic E-state index is 5.83. The van der Waals surface area contributed by atoms with Gasteiger partial charge < -0.3 is 4.57 Å². The van der Waals surface area contributed by atoms with E-state index in [0.717, 1.165) is 23.5 Å². The maximum atomic E-state index is 5.83. The van der Waals surface area contributed by atoms with Crippen molar-refractivity contribution in [1.29, 1.82) is 0 Å². The quantitative estimate of drug-likeness (QED) is 0.748. The number of hydrogen-bond acceptors (Lipinski definition) is 2. The summed E-state index contributed by atoms with van der Waals surface area (Å²) in [5.41, 5.74) is 0.965. The van der Waals surface area contributed by atoms with Crippen LogP contribution < -0.4 is 0 Å². The normalized spacial score (nSPS) is 17.3. The van der Waals surface area contributed by atoms with E-state index in [1.165, 1.54) is 25.7 Å². The highest BCUT2D eigenvalue weighted by molar-refractivity contribution is 6.28. The van der Waals surface area contributed by atoms with Crippen molar-refractivity contribution in [2.24, 2.45) is 5.92 Å². The summed E-state index contributed by atoms with van der Waals surface area (Å²) in [6.45, 7) is 1.07. The molecule has 0 radical (unpaired) electrons. The van der Waals surface area contributed by atoms with Gasteiger partial charge in [-0.25, -0.2) is 4.98 Å². The van der Waals surface area contributed by atoms with Crippen LogP contribution in [0, 0.1) is 5.92 Å². The number of nitrogens with zero attached hydrogens (tertiary/aromatic N) is 3. The Labute approximate surface area is 99.5 Å². The molecule has 0 aromatic carbocycles. The third kappa shape index (κ3) is 1.80. The third-order valence-corrected chi connectivity index (χ3v) is 3.58. The van der Waals surface area contributed by atoms with Gasteiger partial charge in [0.15, 0.2) is 0 Å². The number of aromatic nitrogens is 3. The molecule has 0 bridgehead atoms. The Hall–Kier alpha value is -1.09. The van der Waals surface area contributed by atoms with E-state index in [1.807, 2.05) is 0 Å². The molecule has 0 aliphatic heterocycles. The molecular formula is C12H14ClN3. The molecule has 0 spiro atoms. The molecule has 2 aromatic rings. The zero-order chi connectivity index (χ0) is 11.0. The van der Waals surface area contributed by atoms with Gasteiger partial charge in [-0.1, -0.05) is 12.8 Å². The van der Waals surface area contributed by atoms with Crippen molar-refractivity contribution in [3.63, 3.8) is 0 Å². The molecule has 1 fully saturated rings. The van der Waals surface area contributed by atoms with Crippen molar-refractivity contribution < 1.29 is 0 Å². The minimum Gasteiger partial charge on any atom is -0.332 e. The summed E-state index contributed by atoms with van der Waals surface area (Å²) in [4.78, 5) is 8.29. The monoisotopic (exact) mass is 235 g/mol. The zero-order valence-corrected chi connectivity index (χ0v) is 9.82. The first-order valence-corrected chi connectivity index (χ1v) is 6.18. The van der Waals surface area contributed by atoms with Crippen LogP contribution in [0.15, 0.2) is 18.5 Å². The predicted octanol–water partition coefficient (Wildman–Crippen LogP) is 3.27. The van der Waals surface area contributed by atoms with Gasteiger partial charge in [-0.05, 0) is 36.4 Å². The lowest BCUT2D eigenvalue weighted by atomic mass is 10.1. The van der Waals surface area contributed by atoms with Crippen molar-refractivity contribution in [1.82, 2.24) is 14.5 Å². The molecule has 1 saturated carbocycles. The fourth-order valence-corrected chi connectivity index (χ4v) is 2.70. The van der Waals surface area contributed by atoms with Gasteiger partial charge in [0.05, 0.1) is 0 Å². The van der Waals surface area contributed by atoms with E-state index in [4.69, 9.17) is 11.6 Å². The largest absolute Gasteiger partial charge is 0.332 e. The Morgan fingerprint density at radius 3 is 3.00 bits per heavy atom. The Morgan fingerprint density at radius 1 is 1.38 bits per heavy atom. The van der Waals surface area contributed by atoms with Crippen LogP contribution in [0.5, 0.6) is 0 Å². The highest BCUT2D eigenvalue weighted by atomic mass is 35.5. The second kappa shape index (κ2) is 4.06. The summed E-state index contributed by atoms with van der Waals surface area (Å²) in [5, 5.41) is 1.40. The average molecular weight is 236 g/mol. The Bertz CT molecular complexity index is 500. The van der Waals surface area contributed by atoms with Crippen molar-refractivity contribution >= 4 is 22.6 Å². The molecule has 84 valence electrons.